The zero-order valence-corrected chi connectivity index (χ0v) is 13.0. The normalized spacial score (nSPS) is 18.1. The molecule has 0 aromatic carbocycles. The number of thiocarbonyl (C=S) groups is 2. The molecule has 4 nitrogen and oxygen atoms in total. The first-order valence-corrected chi connectivity index (χ1v) is 7.44. The molecule has 0 spiro atoms. The molecule has 2 rings (SSSR count). The van der Waals surface area contributed by atoms with Crippen LogP contribution in [0.25, 0.3) is 0 Å². The van der Waals surface area contributed by atoms with Gasteiger partial charge in [-0.1, -0.05) is 0 Å². The minimum Gasteiger partial charge on any atom is -0.366 e. The fraction of sp³-hybridized carbons (Fsp3) is 0.833. The van der Waals surface area contributed by atoms with Crippen molar-refractivity contribution in [3.8, 4) is 0 Å². The Morgan fingerprint density at radius 2 is 1.00 bits per heavy atom. The molecule has 2 N–H and O–H groups in total. The molecule has 104 valence electrons. The summed E-state index contributed by atoms with van der Waals surface area (Å²) in [5.41, 5.74) is 0. The monoisotopic (exact) mass is 288 g/mol. The van der Waals surface area contributed by atoms with E-state index in [1.54, 1.807) is 0 Å². The van der Waals surface area contributed by atoms with E-state index < -0.39 is 0 Å². The van der Waals surface area contributed by atoms with Crippen LogP contribution >= 0.6 is 24.4 Å². The molecule has 0 radical (unpaired) electrons. The Hall–Kier alpha value is -0.620. The van der Waals surface area contributed by atoms with Crippen molar-refractivity contribution < 1.29 is 0 Å². The lowest BCUT2D eigenvalue weighted by Crippen LogP contribution is -2.35. The lowest BCUT2D eigenvalue weighted by Gasteiger charge is -2.16. The second kappa shape index (κ2) is 8.48. The maximum atomic E-state index is 5.03. The molecule has 0 amide bonds. The summed E-state index contributed by atoms with van der Waals surface area (Å²) in [6.45, 7) is 4.55. The highest BCUT2D eigenvalue weighted by atomic mass is 32.1. The van der Waals surface area contributed by atoms with Gasteiger partial charge in [-0.05, 0) is 50.1 Å². The van der Waals surface area contributed by atoms with Gasteiger partial charge in [-0.3, -0.25) is 0 Å². The standard InChI is InChI=1S/2C6H12N2S/c2*1-7-6(9)8-4-2-3-5-8/h2*2-5H2,1H3,(H,7,9). The van der Waals surface area contributed by atoms with E-state index in [2.05, 4.69) is 20.4 Å². The van der Waals surface area contributed by atoms with Gasteiger partial charge in [0.25, 0.3) is 0 Å². The van der Waals surface area contributed by atoms with Crippen molar-refractivity contribution in [3.05, 3.63) is 0 Å². The Balaban J connectivity index is 0.000000180. The van der Waals surface area contributed by atoms with Gasteiger partial charge in [-0.25, -0.2) is 0 Å². The van der Waals surface area contributed by atoms with Gasteiger partial charge in [0.05, 0.1) is 0 Å². The fourth-order valence-electron chi connectivity index (χ4n) is 2.16. The molecule has 0 aliphatic carbocycles. The maximum absolute atomic E-state index is 5.03. The van der Waals surface area contributed by atoms with Crippen LogP contribution in [-0.2, 0) is 0 Å². The maximum Gasteiger partial charge on any atom is 0.168 e. The van der Waals surface area contributed by atoms with E-state index in [0.29, 0.717) is 0 Å². The number of nitrogens with one attached hydrogen (secondary N) is 2. The van der Waals surface area contributed by atoms with Crippen molar-refractivity contribution in [2.75, 3.05) is 40.3 Å². The molecule has 0 bridgehead atoms. The molecule has 2 fully saturated rings. The van der Waals surface area contributed by atoms with Gasteiger partial charge in [0, 0.05) is 40.3 Å². The molecule has 18 heavy (non-hydrogen) atoms. The summed E-state index contributed by atoms with van der Waals surface area (Å²) in [4.78, 5) is 4.41. The Morgan fingerprint density at radius 3 is 1.22 bits per heavy atom. The second-order valence-electron chi connectivity index (χ2n) is 4.50. The summed E-state index contributed by atoms with van der Waals surface area (Å²) < 4.78 is 0. The summed E-state index contributed by atoms with van der Waals surface area (Å²) in [6, 6.07) is 0. The predicted molar refractivity (Wildman–Crippen MR) is 84.9 cm³/mol. The van der Waals surface area contributed by atoms with Crippen LogP contribution in [0.3, 0.4) is 0 Å². The summed E-state index contributed by atoms with van der Waals surface area (Å²) in [7, 11) is 3.75. The van der Waals surface area contributed by atoms with Crippen molar-refractivity contribution >= 4 is 34.7 Å². The van der Waals surface area contributed by atoms with Gasteiger partial charge in [0.2, 0.25) is 0 Å². The number of hydrogen-bond acceptors (Lipinski definition) is 2. The summed E-state index contributed by atoms with van der Waals surface area (Å²) >= 11 is 10.1. The number of rotatable bonds is 0. The molecule has 2 heterocycles. The highest BCUT2D eigenvalue weighted by Crippen LogP contribution is 2.07. The number of nitrogens with zero attached hydrogens (tertiary/aromatic N) is 2. The van der Waals surface area contributed by atoms with E-state index in [-0.39, 0.29) is 0 Å². The van der Waals surface area contributed by atoms with Crippen LogP contribution in [0.1, 0.15) is 25.7 Å². The van der Waals surface area contributed by atoms with Crippen LogP contribution < -0.4 is 10.6 Å². The largest absolute Gasteiger partial charge is 0.366 e. The van der Waals surface area contributed by atoms with Crippen LogP contribution in [0.4, 0.5) is 0 Å². The predicted octanol–water partition coefficient (Wildman–Crippen LogP) is 1.17. The van der Waals surface area contributed by atoms with Crippen LogP contribution in [0.15, 0.2) is 0 Å². The van der Waals surface area contributed by atoms with Crippen LogP contribution in [0.2, 0.25) is 0 Å². The molecule has 2 aliphatic heterocycles. The minimum atomic E-state index is 0.896. The van der Waals surface area contributed by atoms with Crippen LogP contribution in [-0.4, -0.2) is 60.3 Å². The quantitative estimate of drug-likeness (QED) is 0.651. The van der Waals surface area contributed by atoms with Crippen LogP contribution in [0, 0.1) is 0 Å². The van der Waals surface area contributed by atoms with Gasteiger partial charge in [0.1, 0.15) is 0 Å². The van der Waals surface area contributed by atoms with E-state index in [0.717, 1.165) is 36.4 Å². The molecule has 0 atom stereocenters. The van der Waals surface area contributed by atoms with E-state index in [9.17, 15) is 0 Å². The first kappa shape index (κ1) is 15.4. The highest BCUT2D eigenvalue weighted by Gasteiger charge is 2.13. The van der Waals surface area contributed by atoms with Crippen LogP contribution in [0.5, 0.6) is 0 Å². The Bertz CT molecular complexity index is 243. The van der Waals surface area contributed by atoms with E-state index >= 15 is 0 Å². The first-order chi connectivity index (χ1) is 8.69. The van der Waals surface area contributed by atoms with E-state index in [4.69, 9.17) is 24.4 Å². The third-order valence-electron chi connectivity index (χ3n) is 3.21. The SMILES string of the molecule is CNC(=S)N1CCCC1.CNC(=S)N1CCCC1. The topological polar surface area (TPSA) is 30.5 Å². The average molecular weight is 288 g/mol. The third kappa shape index (κ3) is 4.94. The van der Waals surface area contributed by atoms with Gasteiger partial charge in [-0.15, -0.1) is 0 Å². The molecule has 0 saturated carbocycles. The number of hydrogen-bond donors (Lipinski definition) is 2. The molecule has 0 unspecified atom stereocenters. The Labute approximate surface area is 121 Å². The highest BCUT2D eigenvalue weighted by molar-refractivity contribution is 7.80. The molecular formula is C12H24N4S2. The second-order valence-corrected chi connectivity index (χ2v) is 5.27. The summed E-state index contributed by atoms with van der Waals surface area (Å²) in [5.74, 6) is 0. The van der Waals surface area contributed by atoms with Gasteiger partial charge in [0.15, 0.2) is 10.2 Å². The lowest BCUT2D eigenvalue weighted by atomic mass is 10.4. The third-order valence-corrected chi connectivity index (χ3v) is 4.14. The molecular weight excluding hydrogens is 264 g/mol. The van der Waals surface area contributed by atoms with Crippen molar-refractivity contribution in [2.24, 2.45) is 0 Å². The summed E-state index contributed by atoms with van der Waals surface area (Å²) in [6.07, 6.45) is 5.17. The van der Waals surface area contributed by atoms with Crippen molar-refractivity contribution in [1.82, 2.24) is 20.4 Å². The van der Waals surface area contributed by atoms with E-state index in [1.165, 1.54) is 25.7 Å². The Kier molecular flexibility index (Phi) is 7.27. The van der Waals surface area contributed by atoms with Gasteiger partial charge < -0.3 is 20.4 Å². The Morgan fingerprint density at radius 1 is 0.722 bits per heavy atom. The lowest BCUT2D eigenvalue weighted by molar-refractivity contribution is 0.513. The molecule has 0 aromatic heterocycles. The van der Waals surface area contributed by atoms with Gasteiger partial charge >= 0.3 is 0 Å². The molecule has 0 aromatic rings. The fourth-order valence-corrected chi connectivity index (χ4v) is 2.52. The van der Waals surface area contributed by atoms with E-state index in [1.807, 2.05) is 14.1 Å². The summed E-state index contributed by atoms with van der Waals surface area (Å²) in [5, 5.41) is 7.72. The van der Waals surface area contributed by atoms with Crippen molar-refractivity contribution in [1.29, 1.82) is 0 Å². The van der Waals surface area contributed by atoms with Crippen molar-refractivity contribution in [3.63, 3.8) is 0 Å². The molecule has 6 heteroatoms. The minimum absolute atomic E-state index is 0.896. The number of likely N-dealkylation sites (tertiary alicyclic amines) is 2. The molecule has 2 saturated heterocycles. The smallest absolute Gasteiger partial charge is 0.168 e. The zero-order valence-electron chi connectivity index (χ0n) is 11.4. The average Bonchev–Trinajstić information content (AvgIpc) is 3.09. The molecule has 2 aliphatic rings. The zero-order chi connectivity index (χ0) is 13.4. The first-order valence-electron chi connectivity index (χ1n) is 6.62. The van der Waals surface area contributed by atoms with Gasteiger partial charge in [-0.2, -0.15) is 0 Å². The van der Waals surface area contributed by atoms with Crippen molar-refractivity contribution in [2.45, 2.75) is 25.7 Å².